The van der Waals surface area contributed by atoms with Crippen LogP contribution in [0.15, 0.2) is 48.6 Å². The van der Waals surface area contributed by atoms with Crippen molar-refractivity contribution in [1.29, 1.82) is 0 Å². The van der Waals surface area contributed by atoms with Crippen molar-refractivity contribution in [1.82, 2.24) is 0 Å². The Morgan fingerprint density at radius 2 is 0.871 bits per heavy atom. The summed E-state index contributed by atoms with van der Waals surface area (Å²) in [6.45, 7) is 0. The molecule has 0 aliphatic heterocycles. The van der Waals surface area contributed by atoms with Crippen LogP contribution in [0.5, 0.6) is 0 Å². The van der Waals surface area contributed by atoms with E-state index in [1.807, 2.05) is 0 Å². The van der Waals surface area contributed by atoms with E-state index in [2.05, 4.69) is 0 Å². The van der Waals surface area contributed by atoms with Crippen molar-refractivity contribution < 1.29 is 35.1 Å². The second-order valence-electron chi connectivity index (χ2n) is 8.86. The van der Waals surface area contributed by atoms with E-state index in [4.69, 9.17) is 0 Å². The van der Waals surface area contributed by atoms with Gasteiger partial charge in [0.1, 0.15) is 0 Å². The van der Waals surface area contributed by atoms with Gasteiger partial charge >= 0.3 is 23.7 Å². The minimum Gasteiger partial charge on any atom is -0.194 e. The first kappa shape index (κ1) is 19.3. The smallest absolute Gasteiger partial charge is 0.194 e. The number of halogens is 8. The molecule has 31 heavy (non-hydrogen) atoms. The van der Waals surface area contributed by atoms with Gasteiger partial charge in [0, 0.05) is 22.3 Å². The maximum absolute atomic E-state index is 15.3. The highest BCUT2D eigenvalue weighted by Gasteiger charge is 2.67. The second-order valence-corrected chi connectivity index (χ2v) is 8.86. The zero-order valence-corrected chi connectivity index (χ0v) is 15.7. The molecule has 1 fully saturated rings. The quantitative estimate of drug-likeness (QED) is 0.300. The Labute approximate surface area is 171 Å². The molecule has 4 atom stereocenters. The first-order chi connectivity index (χ1) is 14.4. The Bertz CT molecular complexity index is 1060. The molecule has 1 saturated carbocycles. The Morgan fingerprint density at radius 1 is 0.516 bits per heavy atom. The molecule has 0 heterocycles. The van der Waals surface area contributed by atoms with Gasteiger partial charge in [-0.05, 0) is 41.2 Å². The number of fused-ring (bicyclic) bond motifs is 5. The normalized spacial score (nSPS) is 33.9. The molecule has 0 amide bonds. The van der Waals surface area contributed by atoms with Gasteiger partial charge in [-0.15, -0.1) is 0 Å². The molecule has 0 N–H and O–H groups in total. The van der Waals surface area contributed by atoms with Gasteiger partial charge in [-0.2, -0.15) is 35.1 Å². The maximum Gasteiger partial charge on any atom is 0.340 e. The number of hydrogen-bond acceptors (Lipinski definition) is 0. The second kappa shape index (κ2) is 5.33. The highest BCUT2D eigenvalue weighted by Crippen LogP contribution is 2.70. The lowest BCUT2D eigenvalue weighted by Gasteiger charge is -2.47. The predicted molar refractivity (Wildman–Crippen MR) is 94.7 cm³/mol. The number of hydrogen-bond donors (Lipinski definition) is 0. The summed E-state index contributed by atoms with van der Waals surface area (Å²) >= 11 is 0. The number of rotatable bonds is 0. The minimum atomic E-state index is -4.71. The van der Waals surface area contributed by atoms with E-state index in [1.54, 1.807) is 12.2 Å². The molecular weight excluding hydrogens is 428 g/mol. The van der Waals surface area contributed by atoms with Gasteiger partial charge in [0.05, 0.1) is 0 Å². The molecular formula is C23H14F8. The van der Waals surface area contributed by atoms with E-state index in [1.165, 1.54) is 0 Å². The fourth-order valence-corrected chi connectivity index (χ4v) is 6.01. The predicted octanol–water partition coefficient (Wildman–Crippen LogP) is 7.15. The molecule has 9 rings (SSSR count). The molecule has 7 aliphatic rings. The Morgan fingerprint density at radius 3 is 1.23 bits per heavy atom. The van der Waals surface area contributed by atoms with E-state index < -0.39 is 57.8 Å². The molecule has 0 saturated heterocycles. The fourth-order valence-electron chi connectivity index (χ4n) is 6.01. The largest absolute Gasteiger partial charge is 0.340 e. The summed E-state index contributed by atoms with van der Waals surface area (Å²) in [5.41, 5.74) is -5.14. The van der Waals surface area contributed by atoms with Crippen molar-refractivity contribution >= 4 is 0 Å². The van der Waals surface area contributed by atoms with Crippen LogP contribution in [-0.4, -0.2) is 0 Å². The third-order valence-electron chi connectivity index (χ3n) is 7.49. The van der Waals surface area contributed by atoms with E-state index in [0.717, 1.165) is 0 Å². The van der Waals surface area contributed by atoms with Crippen LogP contribution in [0.25, 0.3) is 0 Å². The fraction of sp³-hybridized carbons (Fsp3) is 0.391. The van der Waals surface area contributed by atoms with Gasteiger partial charge in [0.15, 0.2) is 0 Å². The highest BCUT2D eigenvalue weighted by atomic mass is 19.3. The van der Waals surface area contributed by atoms with Crippen molar-refractivity contribution in [3.05, 3.63) is 81.9 Å². The van der Waals surface area contributed by atoms with Crippen molar-refractivity contribution in [2.45, 2.75) is 41.9 Å². The van der Waals surface area contributed by atoms with Crippen LogP contribution in [-0.2, 0) is 23.7 Å². The Hall–Kier alpha value is -2.38. The average molecular weight is 442 g/mol. The number of allylic oxidation sites excluding steroid dienone is 2. The topological polar surface area (TPSA) is 0 Å². The molecule has 0 spiro atoms. The lowest BCUT2D eigenvalue weighted by atomic mass is 9.59. The van der Waals surface area contributed by atoms with Gasteiger partial charge in [0.2, 0.25) is 0 Å². The molecule has 0 aromatic heterocycles. The number of benzene rings is 2. The molecule has 8 heteroatoms. The van der Waals surface area contributed by atoms with Gasteiger partial charge in [-0.25, -0.2) is 0 Å². The zero-order chi connectivity index (χ0) is 22.1. The van der Waals surface area contributed by atoms with Gasteiger partial charge in [-0.3, -0.25) is 0 Å². The van der Waals surface area contributed by atoms with Crippen LogP contribution in [0.2, 0.25) is 0 Å². The van der Waals surface area contributed by atoms with Gasteiger partial charge in [0.25, 0.3) is 0 Å². The van der Waals surface area contributed by atoms with E-state index in [0.29, 0.717) is 42.8 Å². The van der Waals surface area contributed by atoms with Crippen LogP contribution in [0, 0.1) is 11.8 Å². The summed E-state index contributed by atoms with van der Waals surface area (Å²) in [5.74, 6) is -20.6. The van der Waals surface area contributed by atoms with Gasteiger partial charge in [-0.1, -0.05) is 48.6 Å². The summed E-state index contributed by atoms with van der Waals surface area (Å²) < 4.78 is 121. The maximum atomic E-state index is 15.3. The number of alkyl halides is 8. The van der Waals surface area contributed by atoms with Crippen LogP contribution in [0.4, 0.5) is 35.1 Å². The molecule has 0 nitrogen and oxygen atoms in total. The van der Waals surface area contributed by atoms with E-state index >= 15 is 17.6 Å². The van der Waals surface area contributed by atoms with Crippen LogP contribution in [0.3, 0.4) is 0 Å². The lowest BCUT2D eigenvalue weighted by Crippen LogP contribution is -2.44. The third-order valence-corrected chi connectivity index (χ3v) is 7.49. The van der Waals surface area contributed by atoms with Crippen molar-refractivity contribution in [2.75, 3.05) is 0 Å². The first-order valence-electron chi connectivity index (χ1n) is 9.89. The monoisotopic (exact) mass is 442 g/mol. The molecule has 0 unspecified atom stereocenters. The lowest BCUT2D eigenvalue weighted by molar-refractivity contribution is -0.228. The van der Waals surface area contributed by atoms with Crippen molar-refractivity contribution in [3.8, 4) is 0 Å². The molecule has 0 radical (unpaired) electrons. The highest BCUT2D eigenvalue weighted by molar-refractivity contribution is 5.62. The zero-order valence-electron chi connectivity index (χ0n) is 15.7. The minimum absolute atomic E-state index is 0.249. The third kappa shape index (κ3) is 1.98. The molecule has 6 bridgehead atoms. The van der Waals surface area contributed by atoms with Crippen molar-refractivity contribution in [2.24, 2.45) is 11.8 Å². The molecule has 2 aromatic rings. The summed E-state index contributed by atoms with van der Waals surface area (Å²) in [4.78, 5) is 0. The first-order valence-corrected chi connectivity index (χ1v) is 9.89. The van der Waals surface area contributed by atoms with Crippen LogP contribution in [0.1, 0.15) is 51.6 Å². The Kier molecular flexibility index (Phi) is 3.32. The molecule has 2 aromatic carbocycles. The summed E-state index contributed by atoms with van der Waals surface area (Å²) in [6, 6.07) is 2.47. The van der Waals surface area contributed by atoms with Gasteiger partial charge < -0.3 is 0 Å². The molecule has 7 aliphatic carbocycles. The summed E-state index contributed by atoms with van der Waals surface area (Å²) in [7, 11) is 0. The van der Waals surface area contributed by atoms with Crippen LogP contribution < -0.4 is 0 Å². The standard InChI is InChI=1S/C23H14F8/c24-20(25)12-3-5-13(6-4-12)21(26,27)23(30,31)15-8-7-14(22(20,28)29)18-16-10-1-2-11(9-10)17(16)19(15)18/h1-8,10-11,16-17H,9H2/t10-,11+,16+,17-. The van der Waals surface area contributed by atoms with Crippen LogP contribution >= 0.6 is 0 Å². The summed E-state index contributed by atoms with van der Waals surface area (Å²) in [5, 5.41) is 0. The van der Waals surface area contributed by atoms with Crippen molar-refractivity contribution in [3.63, 3.8) is 0 Å². The Balaban J connectivity index is 1.71. The summed E-state index contributed by atoms with van der Waals surface area (Å²) in [6.07, 6.45) is 4.05. The SMILES string of the molecule is FC1(F)c2ccc(cc2)C(F)(F)C(F)(F)c2ccc(c3c2[C@H]2[C@@H]3[C@@H]3C=C[C@H]2C3)C1(F)F. The van der Waals surface area contributed by atoms with E-state index in [-0.39, 0.29) is 23.0 Å². The average Bonchev–Trinajstić information content (AvgIpc) is 3.27. The van der Waals surface area contributed by atoms with E-state index in [9.17, 15) is 17.6 Å². The molecule has 162 valence electrons.